The van der Waals surface area contributed by atoms with Crippen molar-refractivity contribution >= 4 is 35.8 Å². The quantitative estimate of drug-likeness (QED) is 0.0346. The Morgan fingerprint density at radius 1 is 0.123 bits per heavy atom. The summed E-state index contributed by atoms with van der Waals surface area (Å²) < 4.78 is 37.1. The Bertz CT molecular complexity index is 1920. The largest absolute Gasteiger partial charge is 0.462 e. The summed E-state index contributed by atoms with van der Waals surface area (Å²) in [6, 6.07) is 0. The minimum Gasteiger partial charge on any atom is -0.462 e. The first-order valence-corrected chi connectivity index (χ1v) is 50.4. The maximum absolute atomic E-state index is 15.6. The highest BCUT2D eigenvalue weighted by Gasteiger charge is 2.44. The highest BCUT2D eigenvalue weighted by Crippen LogP contribution is 2.35. The molecule has 12 heteroatoms. The number of hydrogen-bond acceptors (Lipinski definition) is 12. The molecule has 114 heavy (non-hydrogen) atoms. The molecule has 0 radical (unpaired) electrons. The maximum Gasteiger partial charge on any atom is 0.339 e. The highest BCUT2D eigenvalue weighted by atomic mass is 16.6. The van der Waals surface area contributed by atoms with Gasteiger partial charge in [0.25, 0.3) is 0 Å². The van der Waals surface area contributed by atoms with Gasteiger partial charge in [-0.15, -0.1) is 0 Å². The van der Waals surface area contributed by atoms with E-state index in [0.717, 1.165) is 154 Å². The summed E-state index contributed by atoms with van der Waals surface area (Å²) >= 11 is 0. The third kappa shape index (κ3) is 63.1. The third-order valence-corrected chi connectivity index (χ3v) is 23.6. The van der Waals surface area contributed by atoms with Crippen LogP contribution in [0.1, 0.15) is 605 Å². The van der Waals surface area contributed by atoms with Crippen LogP contribution in [0.4, 0.5) is 0 Å². The van der Waals surface area contributed by atoms with Gasteiger partial charge in [-0.25, -0.2) is 28.8 Å². The summed E-state index contributed by atoms with van der Waals surface area (Å²) in [4.78, 5) is 93.6. The summed E-state index contributed by atoms with van der Waals surface area (Å²) in [7, 11) is 0. The molecule has 0 aliphatic rings. The molecule has 0 heterocycles. The molecule has 0 N–H and O–H groups in total. The molecule has 1 aromatic rings. The maximum atomic E-state index is 15.6. The van der Waals surface area contributed by atoms with Gasteiger partial charge >= 0.3 is 35.8 Å². The monoisotopic (exact) mass is 1600 g/mol. The van der Waals surface area contributed by atoms with Gasteiger partial charge in [0.15, 0.2) is 0 Å². The van der Waals surface area contributed by atoms with Gasteiger partial charge in [0.2, 0.25) is 0 Å². The van der Waals surface area contributed by atoms with Crippen molar-refractivity contribution in [2.45, 2.75) is 542 Å². The van der Waals surface area contributed by atoms with Crippen molar-refractivity contribution in [3.63, 3.8) is 0 Å². The van der Waals surface area contributed by atoms with Crippen LogP contribution >= 0.6 is 0 Å². The van der Waals surface area contributed by atoms with E-state index in [-0.39, 0.29) is 39.6 Å². The Hall–Kier alpha value is -3.96. The molecule has 1 rings (SSSR count). The first-order chi connectivity index (χ1) is 56.2. The number of unbranched alkanes of at least 4 members (excludes halogenated alkanes) is 72. The van der Waals surface area contributed by atoms with Crippen molar-refractivity contribution in [3.8, 4) is 0 Å². The average Bonchev–Trinajstić information content (AvgIpc) is 0.730. The van der Waals surface area contributed by atoms with E-state index in [2.05, 4.69) is 41.5 Å². The molecule has 0 bridgehead atoms. The lowest BCUT2D eigenvalue weighted by atomic mass is 9.85. The van der Waals surface area contributed by atoms with Gasteiger partial charge in [-0.2, -0.15) is 0 Å². The fourth-order valence-corrected chi connectivity index (χ4v) is 16.1. The van der Waals surface area contributed by atoms with Crippen LogP contribution in [0.25, 0.3) is 0 Å². The summed E-state index contributed by atoms with van der Waals surface area (Å²) in [6.07, 6.45) is 87.6. The molecule has 0 aromatic heterocycles. The van der Waals surface area contributed by atoms with E-state index in [9.17, 15) is 0 Å². The lowest BCUT2D eigenvalue weighted by Gasteiger charge is -2.23. The van der Waals surface area contributed by atoms with E-state index >= 15 is 28.8 Å². The van der Waals surface area contributed by atoms with Gasteiger partial charge in [-0.1, -0.05) is 504 Å². The number of carbonyl (C=O) groups is 6. The van der Waals surface area contributed by atoms with Gasteiger partial charge < -0.3 is 28.4 Å². The van der Waals surface area contributed by atoms with E-state index in [4.69, 9.17) is 28.4 Å². The first kappa shape index (κ1) is 108. The van der Waals surface area contributed by atoms with Crippen molar-refractivity contribution in [2.75, 3.05) is 39.6 Å². The van der Waals surface area contributed by atoms with Crippen LogP contribution in [-0.4, -0.2) is 75.5 Å². The Kier molecular flexibility index (Phi) is 81.0. The van der Waals surface area contributed by atoms with Gasteiger partial charge in [-0.05, 0) is 38.5 Å². The molecule has 0 amide bonds. The van der Waals surface area contributed by atoms with Crippen LogP contribution in [0.2, 0.25) is 0 Å². The van der Waals surface area contributed by atoms with Crippen LogP contribution in [0.15, 0.2) is 0 Å². The first-order valence-electron chi connectivity index (χ1n) is 50.4. The summed E-state index contributed by atoms with van der Waals surface area (Å²) in [5.41, 5.74) is -3.89. The van der Waals surface area contributed by atoms with E-state index in [1.165, 1.54) is 308 Å². The molecule has 0 fully saturated rings. The third-order valence-electron chi connectivity index (χ3n) is 23.6. The SMILES string of the molecule is CCCCCCCCCCCCCCCOC(=O)c1c(C(=O)OCCCCCCCCCCCCCCC)c(C(=O)OCCCCCCCCCCCCCCC)c(C(=O)OCCCCCCCCCCCCCCC)c(C(=O)OCCCCCCCCCCCCCCC)c1C(=O)OCCCCCCCCCCCCCCC. The number of carbonyl (C=O) groups excluding carboxylic acids is 6. The number of ether oxygens (including phenoxy) is 6. The van der Waals surface area contributed by atoms with Crippen molar-refractivity contribution in [2.24, 2.45) is 0 Å². The molecule has 0 aliphatic heterocycles. The average molecular weight is 1600 g/mol. The molecular formula is C102H186O12. The Morgan fingerprint density at radius 3 is 0.272 bits per heavy atom. The van der Waals surface area contributed by atoms with Crippen molar-refractivity contribution in [1.29, 1.82) is 0 Å². The van der Waals surface area contributed by atoms with Crippen LogP contribution < -0.4 is 0 Å². The second-order valence-electron chi connectivity index (χ2n) is 34.5. The van der Waals surface area contributed by atoms with Crippen LogP contribution in [0.3, 0.4) is 0 Å². The number of rotatable bonds is 90. The molecule has 12 nitrogen and oxygen atoms in total. The van der Waals surface area contributed by atoms with E-state index in [1.807, 2.05) is 0 Å². The zero-order chi connectivity index (χ0) is 82.6. The van der Waals surface area contributed by atoms with Gasteiger partial charge in [0.1, 0.15) is 0 Å². The molecular weight excluding hydrogens is 1420 g/mol. The molecule has 0 unspecified atom stereocenters. The van der Waals surface area contributed by atoms with E-state index in [1.54, 1.807) is 0 Å². The Labute approximate surface area is 704 Å². The van der Waals surface area contributed by atoms with Gasteiger partial charge in [0, 0.05) is 0 Å². The lowest BCUT2D eigenvalue weighted by molar-refractivity contribution is 0.0385. The summed E-state index contributed by atoms with van der Waals surface area (Å²) in [6.45, 7) is 13.2. The van der Waals surface area contributed by atoms with E-state index in [0.29, 0.717) is 38.5 Å². The highest BCUT2D eigenvalue weighted by molar-refractivity contribution is 6.24. The molecule has 0 spiro atoms. The number of hydrogen-bond donors (Lipinski definition) is 0. The molecule has 0 aliphatic carbocycles. The van der Waals surface area contributed by atoms with Crippen molar-refractivity contribution < 1.29 is 57.2 Å². The van der Waals surface area contributed by atoms with Crippen molar-refractivity contribution in [1.82, 2.24) is 0 Å². The van der Waals surface area contributed by atoms with Gasteiger partial charge in [-0.3, -0.25) is 0 Å². The van der Waals surface area contributed by atoms with Gasteiger partial charge in [0.05, 0.1) is 73.0 Å². The Morgan fingerprint density at radius 2 is 0.193 bits per heavy atom. The van der Waals surface area contributed by atoms with Crippen LogP contribution in [0.5, 0.6) is 0 Å². The predicted molar refractivity (Wildman–Crippen MR) is 482 cm³/mol. The molecule has 1 aromatic carbocycles. The summed E-state index contributed by atoms with van der Waals surface area (Å²) in [5.74, 6) is -6.60. The Balaban J connectivity index is 4.09. The normalized spacial score (nSPS) is 11.4. The topological polar surface area (TPSA) is 158 Å². The smallest absolute Gasteiger partial charge is 0.339 e. The zero-order valence-electron chi connectivity index (χ0n) is 76.3. The molecule has 0 saturated heterocycles. The van der Waals surface area contributed by atoms with Crippen LogP contribution in [-0.2, 0) is 28.4 Å². The van der Waals surface area contributed by atoms with Crippen LogP contribution in [0, 0.1) is 0 Å². The van der Waals surface area contributed by atoms with E-state index < -0.39 is 69.2 Å². The van der Waals surface area contributed by atoms with Crippen molar-refractivity contribution in [3.05, 3.63) is 33.4 Å². The fourth-order valence-electron chi connectivity index (χ4n) is 16.1. The summed E-state index contributed by atoms with van der Waals surface area (Å²) in [5, 5.41) is 0. The minimum atomic E-state index is -1.10. The molecule has 666 valence electrons. The standard InChI is InChI=1S/C102H186O12/c1-7-13-19-25-31-37-43-49-55-61-67-73-79-85-109-97(103)91-92(98(104)110-86-80-74-68-62-56-50-44-38-32-26-20-14-8-2)94(100(106)112-88-82-76-70-64-58-52-46-40-34-28-22-16-10-4)96(102(108)114-90-84-78-72-66-60-54-48-42-36-30-24-18-12-6)95(101(107)113-89-83-77-71-65-59-53-47-41-35-29-23-17-11-5)93(91)99(105)111-87-81-75-69-63-57-51-45-39-33-27-21-15-9-3/h7-90H2,1-6H3. The molecule has 0 saturated carbocycles. The zero-order valence-corrected chi connectivity index (χ0v) is 76.3. The molecule has 0 atom stereocenters. The predicted octanol–water partition coefficient (Wildman–Crippen LogP) is 33.2. The second-order valence-corrected chi connectivity index (χ2v) is 34.5. The lowest BCUT2D eigenvalue weighted by Crippen LogP contribution is -2.32. The number of benzene rings is 1. The fraction of sp³-hybridized carbons (Fsp3) is 0.882. The second kappa shape index (κ2) is 85.5. The number of esters is 6. The minimum absolute atomic E-state index is 0.0575.